The quantitative estimate of drug-likeness (QED) is 0.422. The van der Waals surface area contributed by atoms with Crippen LogP contribution in [0.5, 0.6) is 0 Å². The van der Waals surface area contributed by atoms with E-state index in [0.717, 1.165) is 10.0 Å². The number of amides is 1. The zero-order chi connectivity index (χ0) is 20.9. The Morgan fingerprint density at radius 2 is 1.80 bits per heavy atom. The van der Waals surface area contributed by atoms with Gasteiger partial charge in [-0.25, -0.2) is 4.98 Å². The van der Waals surface area contributed by atoms with E-state index in [1.54, 1.807) is 66.9 Å². The average Bonchev–Trinajstić information content (AvgIpc) is 3.31. The summed E-state index contributed by atoms with van der Waals surface area (Å²) in [6.45, 7) is 0. The van der Waals surface area contributed by atoms with Gasteiger partial charge in [0.25, 0.3) is 5.91 Å². The van der Waals surface area contributed by atoms with Crippen molar-refractivity contribution >= 4 is 33.4 Å². The van der Waals surface area contributed by atoms with Crippen molar-refractivity contribution in [3.8, 4) is 11.4 Å². The van der Waals surface area contributed by atoms with Crippen LogP contribution in [0.2, 0.25) is 0 Å². The molecule has 0 fully saturated rings. The third-order valence-electron chi connectivity index (χ3n) is 4.39. The summed E-state index contributed by atoms with van der Waals surface area (Å²) in [7, 11) is 0. The second-order valence-corrected chi connectivity index (χ2v) is 7.30. The predicted molar refractivity (Wildman–Crippen MR) is 114 cm³/mol. The number of pyridine rings is 1. The SMILES string of the molecule is O=C(Cc1ccccc1C(=O)Nc1ccc(Br)cn1)c1ccc(-c2nn[nH]n2)cc1. The number of rotatable bonds is 6. The predicted octanol–water partition coefficient (Wildman–Crippen LogP) is 3.70. The van der Waals surface area contributed by atoms with E-state index in [2.05, 4.69) is 46.9 Å². The standard InChI is InChI=1S/C21H15BrN6O2/c22-16-9-10-19(23-12-16)24-21(30)17-4-2-1-3-15(17)11-18(29)13-5-7-14(8-6-13)20-25-27-28-26-20/h1-10,12H,11H2,(H,23,24,30)(H,25,26,27,28). The Balaban J connectivity index is 1.50. The van der Waals surface area contributed by atoms with Crippen molar-refractivity contribution in [1.29, 1.82) is 0 Å². The number of tetrazole rings is 1. The van der Waals surface area contributed by atoms with Crippen molar-refractivity contribution in [3.63, 3.8) is 0 Å². The summed E-state index contributed by atoms with van der Waals surface area (Å²) >= 11 is 3.31. The highest BCUT2D eigenvalue weighted by molar-refractivity contribution is 9.10. The zero-order valence-corrected chi connectivity index (χ0v) is 17.1. The van der Waals surface area contributed by atoms with Crippen LogP contribution in [0.25, 0.3) is 11.4 Å². The first kappa shape index (κ1) is 19.6. The lowest BCUT2D eigenvalue weighted by Gasteiger charge is -2.10. The second-order valence-electron chi connectivity index (χ2n) is 6.39. The molecule has 148 valence electrons. The fraction of sp³-hybridized carbons (Fsp3) is 0.0476. The fourth-order valence-corrected chi connectivity index (χ4v) is 3.13. The first-order valence-electron chi connectivity index (χ1n) is 8.98. The molecule has 0 aliphatic heterocycles. The van der Waals surface area contributed by atoms with Gasteiger partial charge in [0.15, 0.2) is 5.78 Å². The normalized spacial score (nSPS) is 10.6. The highest BCUT2D eigenvalue weighted by Gasteiger charge is 2.16. The number of carbonyl (C=O) groups excluding carboxylic acids is 2. The van der Waals surface area contributed by atoms with Crippen LogP contribution < -0.4 is 5.32 Å². The maximum atomic E-state index is 12.8. The molecule has 2 aromatic heterocycles. The molecular weight excluding hydrogens is 448 g/mol. The number of Topliss-reactive ketones (excluding diaryl/α,β-unsaturated/α-hetero) is 1. The van der Waals surface area contributed by atoms with Gasteiger partial charge in [0.05, 0.1) is 0 Å². The van der Waals surface area contributed by atoms with Gasteiger partial charge >= 0.3 is 0 Å². The summed E-state index contributed by atoms with van der Waals surface area (Å²) in [5.41, 5.74) is 2.35. The number of H-pyrrole nitrogens is 1. The van der Waals surface area contributed by atoms with Crippen LogP contribution in [0.3, 0.4) is 0 Å². The molecule has 0 bridgehead atoms. The van der Waals surface area contributed by atoms with Gasteiger partial charge in [-0.05, 0) is 44.9 Å². The molecule has 30 heavy (non-hydrogen) atoms. The molecule has 0 unspecified atom stereocenters. The van der Waals surface area contributed by atoms with Crippen molar-refractivity contribution in [3.05, 3.63) is 88.0 Å². The third-order valence-corrected chi connectivity index (χ3v) is 4.86. The van der Waals surface area contributed by atoms with Crippen LogP contribution >= 0.6 is 15.9 Å². The minimum absolute atomic E-state index is 0.0961. The molecule has 2 heterocycles. The van der Waals surface area contributed by atoms with E-state index in [9.17, 15) is 9.59 Å². The summed E-state index contributed by atoms with van der Waals surface area (Å²) in [5.74, 6) is 0.469. The maximum Gasteiger partial charge on any atom is 0.257 e. The molecule has 2 aromatic carbocycles. The molecule has 1 amide bonds. The lowest BCUT2D eigenvalue weighted by molar-refractivity contribution is 0.0992. The van der Waals surface area contributed by atoms with Crippen molar-refractivity contribution in [2.45, 2.75) is 6.42 Å². The van der Waals surface area contributed by atoms with E-state index in [-0.39, 0.29) is 18.1 Å². The molecule has 0 radical (unpaired) electrons. The molecular formula is C21H15BrN6O2. The lowest BCUT2D eigenvalue weighted by Crippen LogP contribution is -2.16. The molecule has 0 aliphatic carbocycles. The van der Waals surface area contributed by atoms with E-state index in [1.165, 1.54) is 0 Å². The van der Waals surface area contributed by atoms with Crippen LogP contribution in [0, 0.1) is 0 Å². The monoisotopic (exact) mass is 462 g/mol. The third kappa shape index (κ3) is 4.47. The first-order chi connectivity index (χ1) is 14.6. The molecule has 9 heteroatoms. The Morgan fingerprint density at radius 3 is 2.50 bits per heavy atom. The van der Waals surface area contributed by atoms with Crippen molar-refractivity contribution in [2.24, 2.45) is 0 Å². The molecule has 0 atom stereocenters. The summed E-state index contributed by atoms with van der Waals surface area (Å²) in [6, 6.07) is 17.5. The van der Waals surface area contributed by atoms with Crippen LogP contribution in [-0.2, 0) is 6.42 Å². The van der Waals surface area contributed by atoms with Gasteiger partial charge in [-0.3, -0.25) is 9.59 Å². The van der Waals surface area contributed by atoms with E-state index >= 15 is 0 Å². The van der Waals surface area contributed by atoms with E-state index < -0.39 is 0 Å². The Hall–Kier alpha value is -3.72. The molecule has 2 N–H and O–H groups in total. The van der Waals surface area contributed by atoms with Crippen molar-refractivity contribution in [2.75, 3.05) is 5.32 Å². The van der Waals surface area contributed by atoms with Gasteiger partial charge in [0, 0.05) is 33.8 Å². The molecule has 0 spiro atoms. The number of ketones is 1. The van der Waals surface area contributed by atoms with E-state index in [0.29, 0.717) is 28.3 Å². The van der Waals surface area contributed by atoms with Crippen molar-refractivity contribution < 1.29 is 9.59 Å². The Bertz CT molecular complexity index is 1180. The number of hydrogen-bond acceptors (Lipinski definition) is 6. The molecule has 8 nitrogen and oxygen atoms in total. The first-order valence-corrected chi connectivity index (χ1v) is 9.77. The summed E-state index contributed by atoms with van der Waals surface area (Å²) in [5, 5.41) is 16.5. The number of aromatic nitrogens is 5. The lowest BCUT2D eigenvalue weighted by atomic mass is 9.97. The Labute approximate surface area is 179 Å². The summed E-state index contributed by atoms with van der Waals surface area (Å²) < 4.78 is 0.817. The number of carbonyl (C=O) groups is 2. The van der Waals surface area contributed by atoms with Crippen LogP contribution in [0.1, 0.15) is 26.3 Å². The molecule has 0 saturated heterocycles. The van der Waals surface area contributed by atoms with Gasteiger partial charge in [-0.1, -0.05) is 42.5 Å². The molecule has 4 rings (SSSR count). The number of benzene rings is 2. The minimum atomic E-state index is -0.319. The number of hydrogen-bond donors (Lipinski definition) is 2. The largest absolute Gasteiger partial charge is 0.307 e. The molecule has 4 aromatic rings. The number of halogens is 1. The number of nitrogens with zero attached hydrogens (tertiary/aromatic N) is 4. The summed E-state index contributed by atoms with van der Waals surface area (Å²) in [6.07, 6.45) is 1.70. The second kappa shape index (κ2) is 8.75. The zero-order valence-electron chi connectivity index (χ0n) is 15.5. The molecule has 0 aliphatic rings. The van der Waals surface area contributed by atoms with E-state index in [1.807, 2.05) is 0 Å². The molecule has 0 saturated carbocycles. The van der Waals surface area contributed by atoms with Gasteiger partial charge in [0.2, 0.25) is 5.82 Å². The maximum absolute atomic E-state index is 12.8. The fourth-order valence-electron chi connectivity index (χ4n) is 2.89. The van der Waals surface area contributed by atoms with Crippen molar-refractivity contribution in [1.82, 2.24) is 25.6 Å². The van der Waals surface area contributed by atoms with Crippen LogP contribution in [0.4, 0.5) is 5.82 Å². The van der Waals surface area contributed by atoms with Crippen LogP contribution in [0.15, 0.2) is 71.3 Å². The summed E-state index contributed by atoms with van der Waals surface area (Å²) in [4.78, 5) is 29.6. The van der Waals surface area contributed by atoms with Gasteiger partial charge < -0.3 is 5.32 Å². The van der Waals surface area contributed by atoms with Crippen LogP contribution in [-0.4, -0.2) is 37.3 Å². The number of aromatic amines is 1. The van der Waals surface area contributed by atoms with E-state index in [4.69, 9.17) is 0 Å². The average molecular weight is 463 g/mol. The van der Waals surface area contributed by atoms with Gasteiger partial charge in [-0.2, -0.15) is 5.21 Å². The van der Waals surface area contributed by atoms with Gasteiger partial charge in [-0.15, -0.1) is 10.2 Å². The minimum Gasteiger partial charge on any atom is -0.307 e. The topological polar surface area (TPSA) is 114 Å². The highest BCUT2D eigenvalue weighted by atomic mass is 79.9. The Morgan fingerprint density at radius 1 is 1.00 bits per heavy atom. The Kier molecular flexibility index (Phi) is 5.71. The van der Waals surface area contributed by atoms with Gasteiger partial charge in [0.1, 0.15) is 5.82 Å². The number of anilines is 1. The smallest absolute Gasteiger partial charge is 0.257 e. The number of nitrogens with one attached hydrogen (secondary N) is 2. The highest BCUT2D eigenvalue weighted by Crippen LogP contribution is 2.18.